The highest BCUT2D eigenvalue weighted by atomic mass is 15.0. The van der Waals surface area contributed by atoms with Crippen molar-refractivity contribution in [2.75, 3.05) is 5.73 Å². The standard InChI is InChI=1S/C14H13N3/c1-10-4-5-11(15)9-12(10)13-6-8-17-7-2-3-14(17)16-13/h2-9H,15H2,1H3. The van der Waals surface area contributed by atoms with Gasteiger partial charge in [-0.15, -0.1) is 0 Å². The summed E-state index contributed by atoms with van der Waals surface area (Å²) < 4.78 is 1.99. The normalized spacial score (nSPS) is 10.9. The molecule has 0 spiro atoms. The minimum absolute atomic E-state index is 0.766. The number of hydrogen-bond donors (Lipinski definition) is 1. The van der Waals surface area contributed by atoms with E-state index in [2.05, 4.69) is 11.9 Å². The molecule has 2 N–H and O–H groups in total. The molecule has 3 nitrogen and oxygen atoms in total. The zero-order valence-electron chi connectivity index (χ0n) is 9.59. The van der Waals surface area contributed by atoms with Crippen LogP contribution >= 0.6 is 0 Å². The summed E-state index contributed by atoms with van der Waals surface area (Å²) in [7, 11) is 0. The van der Waals surface area contributed by atoms with E-state index in [9.17, 15) is 0 Å². The number of nitrogens with two attached hydrogens (primary N) is 1. The molecule has 0 saturated carbocycles. The second-order valence-corrected chi connectivity index (χ2v) is 4.16. The third kappa shape index (κ3) is 1.65. The lowest BCUT2D eigenvalue weighted by molar-refractivity contribution is 1.13. The van der Waals surface area contributed by atoms with Gasteiger partial charge in [0.1, 0.15) is 5.65 Å². The SMILES string of the molecule is Cc1ccc(N)cc1-c1ccn2cccc2n1. The molecular weight excluding hydrogens is 210 g/mol. The summed E-state index contributed by atoms with van der Waals surface area (Å²) in [6.07, 6.45) is 4.00. The van der Waals surface area contributed by atoms with Gasteiger partial charge in [0.2, 0.25) is 0 Å². The van der Waals surface area contributed by atoms with E-state index in [1.54, 1.807) is 0 Å². The first kappa shape index (κ1) is 9.90. The lowest BCUT2D eigenvalue weighted by Crippen LogP contribution is -1.93. The van der Waals surface area contributed by atoms with E-state index in [-0.39, 0.29) is 0 Å². The number of rotatable bonds is 1. The topological polar surface area (TPSA) is 43.3 Å². The maximum absolute atomic E-state index is 5.82. The van der Waals surface area contributed by atoms with Crippen LogP contribution in [0, 0.1) is 6.92 Å². The number of nitrogen functional groups attached to an aromatic ring is 1. The molecule has 0 atom stereocenters. The first-order valence-corrected chi connectivity index (χ1v) is 5.54. The summed E-state index contributed by atoms with van der Waals surface area (Å²) in [6.45, 7) is 2.07. The summed E-state index contributed by atoms with van der Waals surface area (Å²) in [5.41, 5.74) is 10.8. The summed E-state index contributed by atoms with van der Waals surface area (Å²) in [4.78, 5) is 4.61. The lowest BCUT2D eigenvalue weighted by atomic mass is 10.0. The smallest absolute Gasteiger partial charge is 0.137 e. The lowest BCUT2D eigenvalue weighted by Gasteiger charge is -2.07. The van der Waals surface area contributed by atoms with Crippen LogP contribution < -0.4 is 5.73 Å². The number of anilines is 1. The number of fused-ring (bicyclic) bond motifs is 1. The van der Waals surface area contributed by atoms with Crippen molar-refractivity contribution in [3.05, 3.63) is 54.4 Å². The fourth-order valence-corrected chi connectivity index (χ4v) is 1.98. The Labute approximate surface area is 99.5 Å². The Morgan fingerprint density at radius 2 is 2.00 bits per heavy atom. The first-order chi connectivity index (χ1) is 8.24. The molecule has 0 aliphatic carbocycles. The van der Waals surface area contributed by atoms with E-state index in [0.717, 1.165) is 22.6 Å². The summed E-state index contributed by atoms with van der Waals surface area (Å²) in [6, 6.07) is 11.9. The van der Waals surface area contributed by atoms with Gasteiger partial charge in [0.25, 0.3) is 0 Å². The molecule has 0 aliphatic heterocycles. The second-order valence-electron chi connectivity index (χ2n) is 4.16. The zero-order chi connectivity index (χ0) is 11.8. The Morgan fingerprint density at radius 3 is 2.88 bits per heavy atom. The number of hydrogen-bond acceptors (Lipinski definition) is 2. The molecule has 0 radical (unpaired) electrons. The maximum Gasteiger partial charge on any atom is 0.137 e. The number of nitrogens with zero attached hydrogens (tertiary/aromatic N) is 2. The van der Waals surface area contributed by atoms with Gasteiger partial charge < -0.3 is 10.1 Å². The molecule has 3 rings (SSSR count). The van der Waals surface area contributed by atoms with Gasteiger partial charge in [-0.2, -0.15) is 0 Å². The molecule has 2 aromatic heterocycles. The molecule has 3 heteroatoms. The Morgan fingerprint density at radius 1 is 1.12 bits per heavy atom. The van der Waals surface area contributed by atoms with E-state index in [4.69, 9.17) is 5.73 Å². The molecule has 0 amide bonds. The molecule has 17 heavy (non-hydrogen) atoms. The van der Waals surface area contributed by atoms with Gasteiger partial charge in [-0.3, -0.25) is 0 Å². The molecule has 0 bridgehead atoms. The van der Waals surface area contributed by atoms with E-state index in [0.29, 0.717) is 0 Å². The molecule has 0 saturated heterocycles. The molecule has 0 aliphatic rings. The number of aryl methyl sites for hydroxylation is 1. The van der Waals surface area contributed by atoms with Crippen LogP contribution in [0.4, 0.5) is 5.69 Å². The van der Waals surface area contributed by atoms with Gasteiger partial charge in [0.05, 0.1) is 5.69 Å². The molecule has 84 valence electrons. The number of benzene rings is 1. The summed E-state index contributed by atoms with van der Waals surface area (Å²) >= 11 is 0. The predicted molar refractivity (Wildman–Crippen MR) is 69.8 cm³/mol. The van der Waals surface area contributed by atoms with Crippen molar-refractivity contribution in [2.24, 2.45) is 0 Å². The summed E-state index contributed by atoms with van der Waals surface area (Å²) in [5, 5.41) is 0. The van der Waals surface area contributed by atoms with Crippen molar-refractivity contribution in [1.29, 1.82) is 0 Å². The van der Waals surface area contributed by atoms with Crippen molar-refractivity contribution in [3.63, 3.8) is 0 Å². The van der Waals surface area contributed by atoms with Crippen molar-refractivity contribution >= 4 is 11.3 Å². The van der Waals surface area contributed by atoms with Crippen molar-refractivity contribution in [2.45, 2.75) is 6.92 Å². The largest absolute Gasteiger partial charge is 0.399 e. The van der Waals surface area contributed by atoms with Gasteiger partial charge in [-0.1, -0.05) is 6.07 Å². The number of aromatic nitrogens is 2. The third-order valence-electron chi connectivity index (χ3n) is 2.92. The van der Waals surface area contributed by atoms with Crippen LogP contribution in [0.25, 0.3) is 16.9 Å². The van der Waals surface area contributed by atoms with Crippen LogP contribution in [-0.4, -0.2) is 9.38 Å². The fourth-order valence-electron chi connectivity index (χ4n) is 1.98. The highest BCUT2D eigenvalue weighted by Gasteiger charge is 2.05. The molecule has 2 heterocycles. The van der Waals surface area contributed by atoms with Crippen LogP contribution in [-0.2, 0) is 0 Å². The highest BCUT2D eigenvalue weighted by Crippen LogP contribution is 2.24. The minimum Gasteiger partial charge on any atom is -0.399 e. The van der Waals surface area contributed by atoms with E-state index < -0.39 is 0 Å². The van der Waals surface area contributed by atoms with Crippen molar-refractivity contribution < 1.29 is 0 Å². The zero-order valence-corrected chi connectivity index (χ0v) is 9.59. The highest BCUT2D eigenvalue weighted by molar-refractivity contribution is 5.69. The fraction of sp³-hybridized carbons (Fsp3) is 0.0714. The second kappa shape index (κ2) is 3.63. The van der Waals surface area contributed by atoms with Crippen LogP contribution in [0.15, 0.2) is 48.8 Å². The van der Waals surface area contributed by atoms with E-state index >= 15 is 0 Å². The average molecular weight is 223 g/mol. The molecule has 0 fully saturated rings. The van der Waals surface area contributed by atoms with Gasteiger partial charge in [-0.25, -0.2) is 4.98 Å². The van der Waals surface area contributed by atoms with Gasteiger partial charge >= 0.3 is 0 Å². The monoisotopic (exact) mass is 223 g/mol. The van der Waals surface area contributed by atoms with E-state index in [1.807, 2.05) is 53.2 Å². The quantitative estimate of drug-likeness (QED) is 0.644. The maximum atomic E-state index is 5.82. The van der Waals surface area contributed by atoms with Crippen LogP contribution in [0.1, 0.15) is 5.56 Å². The Hall–Kier alpha value is -2.29. The third-order valence-corrected chi connectivity index (χ3v) is 2.92. The molecule has 0 unspecified atom stereocenters. The first-order valence-electron chi connectivity index (χ1n) is 5.54. The molecular formula is C14H13N3. The molecule has 1 aromatic carbocycles. The minimum atomic E-state index is 0.766. The van der Waals surface area contributed by atoms with Crippen molar-refractivity contribution in [3.8, 4) is 11.3 Å². The Kier molecular flexibility index (Phi) is 2.11. The molecule has 3 aromatic rings. The van der Waals surface area contributed by atoms with Crippen LogP contribution in [0.3, 0.4) is 0 Å². The Balaban J connectivity index is 2.22. The van der Waals surface area contributed by atoms with Crippen LogP contribution in [0.2, 0.25) is 0 Å². The van der Waals surface area contributed by atoms with E-state index in [1.165, 1.54) is 5.56 Å². The predicted octanol–water partition coefficient (Wildman–Crippen LogP) is 2.89. The van der Waals surface area contributed by atoms with Crippen LogP contribution in [0.5, 0.6) is 0 Å². The average Bonchev–Trinajstić information content (AvgIpc) is 2.79. The van der Waals surface area contributed by atoms with Gasteiger partial charge in [0.15, 0.2) is 0 Å². The summed E-state index contributed by atoms with van der Waals surface area (Å²) in [5.74, 6) is 0. The van der Waals surface area contributed by atoms with Crippen molar-refractivity contribution in [1.82, 2.24) is 9.38 Å². The van der Waals surface area contributed by atoms with Gasteiger partial charge in [-0.05, 0) is 42.8 Å². The Bertz CT molecular complexity index is 683. The van der Waals surface area contributed by atoms with Gasteiger partial charge in [0, 0.05) is 23.6 Å².